The molecule has 4 heteroatoms. The molecule has 1 aliphatic rings. The third kappa shape index (κ3) is 3.75. The first-order valence-electron chi connectivity index (χ1n) is 11.1. The number of H-pyrrole nitrogens is 1. The lowest BCUT2D eigenvalue weighted by atomic mass is 9.90. The summed E-state index contributed by atoms with van der Waals surface area (Å²) in [6.07, 6.45) is 3.07. The quantitative estimate of drug-likeness (QED) is 0.499. The van der Waals surface area contributed by atoms with E-state index in [9.17, 15) is 4.79 Å². The van der Waals surface area contributed by atoms with Crippen LogP contribution in [0.25, 0.3) is 10.9 Å². The lowest BCUT2D eigenvalue weighted by molar-refractivity contribution is -0.674. The van der Waals surface area contributed by atoms with Gasteiger partial charge >= 0.3 is 0 Å². The Hall–Kier alpha value is -3.37. The fraction of sp³-hybridized carbons (Fsp3) is 0.222. The average molecular weight is 411 g/mol. The Morgan fingerprint density at radius 2 is 1.74 bits per heavy atom. The lowest BCUT2D eigenvalue weighted by Gasteiger charge is -2.22. The zero-order valence-corrected chi connectivity index (χ0v) is 17.8. The van der Waals surface area contributed by atoms with E-state index >= 15 is 0 Å². The van der Waals surface area contributed by atoms with Crippen LogP contribution in [-0.2, 0) is 11.2 Å². The van der Waals surface area contributed by atoms with Crippen molar-refractivity contribution in [3.8, 4) is 0 Å². The summed E-state index contributed by atoms with van der Waals surface area (Å²) in [6, 6.07) is 27.1. The van der Waals surface area contributed by atoms with Gasteiger partial charge in [-0.3, -0.25) is 4.79 Å². The zero-order valence-electron chi connectivity index (χ0n) is 17.8. The van der Waals surface area contributed by atoms with Crippen molar-refractivity contribution < 1.29 is 10.1 Å². The van der Waals surface area contributed by atoms with Gasteiger partial charge in [0.25, 0.3) is 5.91 Å². The molecule has 3 N–H and O–H groups in total. The van der Waals surface area contributed by atoms with E-state index in [1.165, 1.54) is 22.1 Å². The second kappa shape index (κ2) is 8.40. The van der Waals surface area contributed by atoms with Crippen molar-refractivity contribution in [1.29, 1.82) is 0 Å². The highest BCUT2D eigenvalue weighted by Gasteiger charge is 2.30. The summed E-state index contributed by atoms with van der Waals surface area (Å²) < 4.78 is 0. The fourth-order valence-corrected chi connectivity index (χ4v) is 4.76. The zero-order chi connectivity index (χ0) is 21.2. The number of fused-ring (bicyclic) bond motifs is 2. The minimum Gasteiger partial charge on any atom is -0.361 e. The van der Waals surface area contributed by atoms with Crippen LogP contribution in [-0.4, -0.2) is 30.0 Å². The number of anilines is 1. The number of carbonyl (C=O) groups excluding carboxylic acids is 1. The molecule has 1 aliphatic heterocycles. The van der Waals surface area contributed by atoms with Gasteiger partial charge in [0.1, 0.15) is 0 Å². The van der Waals surface area contributed by atoms with Crippen molar-refractivity contribution in [2.24, 2.45) is 0 Å². The third-order valence-electron chi connectivity index (χ3n) is 6.47. The molecule has 31 heavy (non-hydrogen) atoms. The van der Waals surface area contributed by atoms with E-state index in [1.54, 1.807) is 0 Å². The standard InChI is InChI=1S/C27H27N3O/c1-19(27(31)30-16-15-21-11-5-8-14-26(21)30)28-17-23(20-9-3-2-4-10-20)24-18-29-25-13-7-6-12-22(24)25/h2-14,18-19,23,28-29H,15-17H2,1H3/p+1/t19-,23-/m0/s1. The number of rotatable bonds is 6. The molecule has 0 fully saturated rings. The molecule has 4 nitrogen and oxygen atoms in total. The first kappa shape index (κ1) is 19.6. The van der Waals surface area contributed by atoms with Gasteiger partial charge in [-0.05, 0) is 42.2 Å². The number of quaternary nitrogens is 1. The molecule has 0 unspecified atom stereocenters. The molecule has 1 amide bonds. The number of aromatic nitrogens is 1. The van der Waals surface area contributed by atoms with Crippen molar-refractivity contribution >= 4 is 22.5 Å². The second-order valence-corrected chi connectivity index (χ2v) is 8.38. The maximum Gasteiger partial charge on any atom is 0.284 e. The molecule has 0 aliphatic carbocycles. The van der Waals surface area contributed by atoms with Gasteiger partial charge in [0, 0.05) is 29.3 Å². The Morgan fingerprint density at radius 3 is 2.61 bits per heavy atom. The minimum atomic E-state index is -0.137. The molecule has 2 atom stereocenters. The number of hydrogen-bond acceptors (Lipinski definition) is 1. The number of benzene rings is 3. The Morgan fingerprint density at radius 1 is 1.00 bits per heavy atom. The highest BCUT2D eigenvalue weighted by molar-refractivity contribution is 5.97. The van der Waals surface area contributed by atoms with Gasteiger partial charge < -0.3 is 15.2 Å². The first-order valence-corrected chi connectivity index (χ1v) is 11.1. The van der Waals surface area contributed by atoms with Crippen molar-refractivity contribution in [3.05, 3.63) is 102 Å². The molecule has 1 aromatic heterocycles. The molecule has 3 aromatic carbocycles. The second-order valence-electron chi connectivity index (χ2n) is 8.38. The Labute approximate surface area is 182 Å². The number of carbonyl (C=O) groups is 1. The van der Waals surface area contributed by atoms with E-state index in [1.807, 2.05) is 24.0 Å². The van der Waals surface area contributed by atoms with Crippen LogP contribution >= 0.6 is 0 Å². The SMILES string of the molecule is C[C@H]([NH2+]C[C@@H](c1ccccc1)c1c[nH]c2ccccc12)C(=O)N1CCc2ccccc21. The summed E-state index contributed by atoms with van der Waals surface area (Å²) in [5.74, 6) is 0.397. The number of para-hydroxylation sites is 2. The number of nitrogens with one attached hydrogen (secondary N) is 1. The van der Waals surface area contributed by atoms with Crippen LogP contribution in [0.4, 0.5) is 5.69 Å². The molecular formula is C27H28N3O+. The number of nitrogens with two attached hydrogens (primary N) is 1. The molecule has 4 aromatic rings. The van der Waals surface area contributed by atoms with Crippen molar-refractivity contribution in [1.82, 2.24) is 4.98 Å². The maximum atomic E-state index is 13.2. The Kier molecular flexibility index (Phi) is 5.31. The van der Waals surface area contributed by atoms with Gasteiger partial charge in [-0.15, -0.1) is 0 Å². The van der Waals surface area contributed by atoms with Crippen LogP contribution in [0, 0.1) is 0 Å². The summed E-state index contributed by atoms with van der Waals surface area (Å²) in [5.41, 5.74) is 6.04. The van der Waals surface area contributed by atoms with E-state index in [4.69, 9.17) is 0 Å². The summed E-state index contributed by atoms with van der Waals surface area (Å²) >= 11 is 0. The van der Waals surface area contributed by atoms with Gasteiger partial charge in [0.15, 0.2) is 6.04 Å². The molecule has 0 spiro atoms. The van der Waals surface area contributed by atoms with Gasteiger partial charge in [-0.2, -0.15) is 0 Å². The Balaban J connectivity index is 1.37. The molecule has 5 rings (SSSR count). The maximum absolute atomic E-state index is 13.2. The predicted molar refractivity (Wildman–Crippen MR) is 125 cm³/mol. The summed E-state index contributed by atoms with van der Waals surface area (Å²) in [6.45, 7) is 3.62. The highest BCUT2D eigenvalue weighted by atomic mass is 16.2. The van der Waals surface area contributed by atoms with Crippen LogP contribution in [0.15, 0.2) is 85.1 Å². The average Bonchev–Trinajstić information content (AvgIpc) is 3.44. The summed E-state index contributed by atoms with van der Waals surface area (Å²) in [7, 11) is 0. The fourth-order valence-electron chi connectivity index (χ4n) is 4.76. The monoisotopic (exact) mass is 410 g/mol. The highest BCUT2D eigenvalue weighted by Crippen LogP contribution is 2.30. The van der Waals surface area contributed by atoms with Gasteiger partial charge in [0.05, 0.1) is 12.5 Å². The number of nitrogens with zero attached hydrogens (tertiary/aromatic N) is 1. The smallest absolute Gasteiger partial charge is 0.284 e. The van der Waals surface area contributed by atoms with E-state index < -0.39 is 0 Å². The molecule has 0 bridgehead atoms. The van der Waals surface area contributed by atoms with Crippen molar-refractivity contribution in [2.75, 3.05) is 18.0 Å². The summed E-state index contributed by atoms with van der Waals surface area (Å²) in [4.78, 5) is 18.6. The summed E-state index contributed by atoms with van der Waals surface area (Å²) in [5, 5.41) is 3.44. The van der Waals surface area contributed by atoms with Crippen LogP contribution in [0.3, 0.4) is 0 Å². The Bertz CT molecular complexity index is 1200. The van der Waals surface area contributed by atoms with E-state index in [0.717, 1.165) is 30.7 Å². The first-order chi connectivity index (χ1) is 15.2. The lowest BCUT2D eigenvalue weighted by Crippen LogP contribution is -2.92. The number of amides is 1. The van der Waals surface area contributed by atoms with Gasteiger partial charge in [0.2, 0.25) is 0 Å². The molecule has 0 saturated carbocycles. The van der Waals surface area contributed by atoms with Crippen molar-refractivity contribution in [2.45, 2.75) is 25.3 Å². The van der Waals surface area contributed by atoms with Gasteiger partial charge in [-0.1, -0.05) is 66.7 Å². The normalized spacial score (nSPS) is 15.1. The molecule has 0 saturated heterocycles. The van der Waals surface area contributed by atoms with Gasteiger partial charge in [-0.25, -0.2) is 0 Å². The van der Waals surface area contributed by atoms with Crippen LogP contribution < -0.4 is 10.2 Å². The molecule has 2 heterocycles. The number of aromatic amines is 1. The van der Waals surface area contributed by atoms with Crippen LogP contribution in [0.5, 0.6) is 0 Å². The van der Waals surface area contributed by atoms with E-state index in [2.05, 4.69) is 83.2 Å². The van der Waals surface area contributed by atoms with Crippen LogP contribution in [0.2, 0.25) is 0 Å². The predicted octanol–water partition coefficient (Wildman–Crippen LogP) is 3.84. The van der Waals surface area contributed by atoms with E-state index in [0.29, 0.717) is 0 Å². The van der Waals surface area contributed by atoms with Crippen LogP contribution in [0.1, 0.15) is 29.5 Å². The largest absolute Gasteiger partial charge is 0.361 e. The topological polar surface area (TPSA) is 52.7 Å². The third-order valence-corrected chi connectivity index (χ3v) is 6.47. The van der Waals surface area contributed by atoms with E-state index in [-0.39, 0.29) is 17.9 Å². The molecule has 0 radical (unpaired) electrons. The minimum absolute atomic E-state index is 0.137. The van der Waals surface area contributed by atoms with Crippen molar-refractivity contribution in [3.63, 3.8) is 0 Å². The number of hydrogen-bond donors (Lipinski definition) is 2. The molecule has 156 valence electrons. The molecular weight excluding hydrogens is 382 g/mol.